The Morgan fingerprint density at radius 2 is 1.80 bits per heavy atom. The van der Waals surface area contributed by atoms with Crippen LogP contribution >= 0.6 is 0 Å². The van der Waals surface area contributed by atoms with Crippen LogP contribution in [-0.2, 0) is 21.2 Å². The smallest absolute Gasteiger partial charge is 0.296 e. The lowest BCUT2D eigenvalue weighted by atomic mass is 10.0. The van der Waals surface area contributed by atoms with Gasteiger partial charge in [-0.25, -0.2) is 13.4 Å². The standard InChI is InChI=1S/C30H29FN4O5S/c1-5-25(22-8-6-7-20(15-22)16-32)35-27(17-40-18(2)3)34-29(36)28(30(35)37)41(38,39)23-11-9-21(10-12-23)24-13-14-26(31)33-19(24)4/h6-15,18,25,37H,5,17H2,1-4H3. The lowest BCUT2D eigenvalue weighted by molar-refractivity contribution is 0.0571. The molecule has 41 heavy (non-hydrogen) atoms. The molecule has 9 nitrogen and oxygen atoms in total. The molecular formula is C30H29FN4O5S. The number of rotatable bonds is 9. The number of nitrogens with zero attached hydrogens (tertiary/aromatic N) is 4. The number of aromatic nitrogens is 3. The third kappa shape index (κ3) is 6.04. The van der Waals surface area contributed by atoms with Crippen molar-refractivity contribution in [2.75, 3.05) is 0 Å². The fourth-order valence-corrected chi connectivity index (χ4v) is 5.95. The maximum Gasteiger partial charge on any atom is 0.296 e. The van der Waals surface area contributed by atoms with Crippen LogP contribution in [0.1, 0.15) is 55.9 Å². The van der Waals surface area contributed by atoms with Crippen LogP contribution in [0.4, 0.5) is 4.39 Å². The second kappa shape index (κ2) is 12.0. The van der Waals surface area contributed by atoms with Gasteiger partial charge in [-0.2, -0.15) is 14.6 Å². The van der Waals surface area contributed by atoms with E-state index in [1.807, 2.05) is 6.92 Å². The zero-order valence-corrected chi connectivity index (χ0v) is 23.8. The Balaban J connectivity index is 1.87. The zero-order chi connectivity index (χ0) is 29.9. The number of sulfone groups is 1. The Morgan fingerprint density at radius 3 is 2.41 bits per heavy atom. The molecule has 212 valence electrons. The summed E-state index contributed by atoms with van der Waals surface area (Å²) in [5.74, 6) is -1.36. The van der Waals surface area contributed by atoms with Crippen LogP contribution in [-0.4, -0.2) is 34.2 Å². The predicted molar refractivity (Wildman–Crippen MR) is 149 cm³/mol. The van der Waals surface area contributed by atoms with E-state index < -0.39 is 38.2 Å². The van der Waals surface area contributed by atoms with Crippen molar-refractivity contribution in [2.45, 2.75) is 62.7 Å². The van der Waals surface area contributed by atoms with Gasteiger partial charge in [0.05, 0.1) is 28.7 Å². The van der Waals surface area contributed by atoms with Gasteiger partial charge in [-0.15, -0.1) is 0 Å². The van der Waals surface area contributed by atoms with Gasteiger partial charge in [0.1, 0.15) is 12.4 Å². The van der Waals surface area contributed by atoms with E-state index in [4.69, 9.17) is 4.74 Å². The van der Waals surface area contributed by atoms with Gasteiger partial charge >= 0.3 is 0 Å². The van der Waals surface area contributed by atoms with Crippen molar-refractivity contribution >= 4 is 9.84 Å². The molecule has 2 aromatic heterocycles. The summed E-state index contributed by atoms with van der Waals surface area (Å²) in [5.41, 5.74) is 1.52. The Morgan fingerprint density at radius 1 is 1.10 bits per heavy atom. The molecule has 2 heterocycles. The lowest BCUT2D eigenvalue weighted by Crippen LogP contribution is -2.28. The number of benzene rings is 2. The topological polar surface area (TPSA) is 135 Å². The number of hydrogen-bond donors (Lipinski definition) is 1. The van der Waals surface area contributed by atoms with Gasteiger partial charge in [0, 0.05) is 11.3 Å². The van der Waals surface area contributed by atoms with Crippen molar-refractivity contribution in [2.24, 2.45) is 0 Å². The highest BCUT2D eigenvalue weighted by atomic mass is 32.2. The van der Waals surface area contributed by atoms with Gasteiger partial charge < -0.3 is 9.84 Å². The maximum atomic E-state index is 13.8. The van der Waals surface area contributed by atoms with E-state index in [1.54, 1.807) is 51.1 Å². The number of nitriles is 1. The van der Waals surface area contributed by atoms with Gasteiger partial charge in [0.25, 0.3) is 5.56 Å². The van der Waals surface area contributed by atoms with Gasteiger partial charge in [0.2, 0.25) is 21.7 Å². The summed E-state index contributed by atoms with van der Waals surface area (Å²) in [7, 11) is -4.54. The summed E-state index contributed by atoms with van der Waals surface area (Å²) < 4.78 is 47.9. The van der Waals surface area contributed by atoms with Crippen LogP contribution < -0.4 is 5.56 Å². The summed E-state index contributed by atoms with van der Waals surface area (Å²) >= 11 is 0. The van der Waals surface area contributed by atoms with Crippen molar-refractivity contribution in [3.8, 4) is 23.1 Å². The van der Waals surface area contributed by atoms with Crippen molar-refractivity contribution in [3.05, 3.63) is 99.6 Å². The minimum atomic E-state index is -4.54. The van der Waals surface area contributed by atoms with E-state index in [-0.39, 0.29) is 23.4 Å². The average molecular weight is 577 g/mol. The molecule has 0 aliphatic carbocycles. The number of aryl methyl sites for hydroxylation is 1. The fourth-order valence-electron chi connectivity index (χ4n) is 4.60. The van der Waals surface area contributed by atoms with Gasteiger partial charge in [-0.1, -0.05) is 31.2 Å². The molecule has 1 atom stereocenters. The number of aromatic hydroxyl groups is 1. The molecule has 0 aliphatic rings. The van der Waals surface area contributed by atoms with Gasteiger partial charge in [-0.05, 0) is 74.7 Å². The zero-order valence-electron chi connectivity index (χ0n) is 23.0. The largest absolute Gasteiger partial charge is 0.493 e. The summed E-state index contributed by atoms with van der Waals surface area (Å²) in [5, 5.41) is 20.9. The quantitative estimate of drug-likeness (QED) is 0.272. The highest BCUT2D eigenvalue weighted by Crippen LogP contribution is 2.34. The SMILES string of the molecule is CCC(c1cccc(C#N)c1)n1c(COC(C)C)nc(=O)c(S(=O)(=O)c2ccc(-c3ccc(F)nc3C)cc2)c1O. The molecule has 0 bridgehead atoms. The summed E-state index contributed by atoms with van der Waals surface area (Å²) in [6.45, 7) is 6.89. The molecule has 0 saturated heterocycles. The van der Waals surface area contributed by atoms with Crippen LogP contribution in [0.2, 0.25) is 0 Å². The average Bonchev–Trinajstić information content (AvgIpc) is 2.93. The van der Waals surface area contributed by atoms with Crippen LogP contribution in [0.15, 0.2) is 75.2 Å². The van der Waals surface area contributed by atoms with E-state index in [1.165, 1.54) is 34.9 Å². The Hall–Kier alpha value is -4.40. The monoisotopic (exact) mass is 576 g/mol. The first-order valence-corrected chi connectivity index (χ1v) is 14.4. The van der Waals surface area contributed by atoms with Crippen molar-refractivity contribution in [1.82, 2.24) is 14.5 Å². The van der Waals surface area contributed by atoms with Crippen molar-refractivity contribution < 1.29 is 22.7 Å². The van der Waals surface area contributed by atoms with Crippen molar-refractivity contribution in [3.63, 3.8) is 0 Å². The van der Waals surface area contributed by atoms with Crippen LogP contribution in [0.5, 0.6) is 5.88 Å². The summed E-state index contributed by atoms with van der Waals surface area (Å²) in [6.07, 6.45) is 0.146. The van der Waals surface area contributed by atoms with Crippen molar-refractivity contribution in [1.29, 1.82) is 5.26 Å². The molecule has 4 rings (SSSR count). The van der Waals surface area contributed by atoms with E-state index in [9.17, 15) is 28.0 Å². The molecule has 1 N–H and O–H groups in total. The first kappa shape index (κ1) is 29.6. The molecule has 0 fully saturated rings. The highest BCUT2D eigenvalue weighted by molar-refractivity contribution is 7.91. The number of hydrogen-bond acceptors (Lipinski definition) is 8. The molecule has 0 radical (unpaired) electrons. The molecule has 1 unspecified atom stereocenters. The first-order chi connectivity index (χ1) is 19.5. The third-order valence-electron chi connectivity index (χ3n) is 6.58. The number of ether oxygens (including phenoxy) is 1. The first-order valence-electron chi connectivity index (χ1n) is 12.9. The maximum absolute atomic E-state index is 13.8. The Labute approximate surface area is 237 Å². The molecule has 0 spiro atoms. The minimum Gasteiger partial charge on any atom is -0.493 e. The van der Waals surface area contributed by atoms with Gasteiger partial charge in [0.15, 0.2) is 4.90 Å². The van der Waals surface area contributed by atoms with E-state index in [0.717, 1.165) is 0 Å². The molecule has 0 saturated carbocycles. The number of halogens is 1. The third-order valence-corrected chi connectivity index (χ3v) is 8.36. The predicted octanol–water partition coefficient (Wildman–Crippen LogP) is 5.09. The molecule has 2 aromatic carbocycles. The number of pyridine rings is 1. The lowest BCUT2D eigenvalue weighted by Gasteiger charge is -2.25. The van der Waals surface area contributed by atoms with E-state index >= 15 is 0 Å². The second-order valence-corrected chi connectivity index (χ2v) is 11.6. The molecule has 4 aromatic rings. The minimum absolute atomic E-state index is 0.0454. The highest BCUT2D eigenvalue weighted by Gasteiger charge is 2.32. The molecular weight excluding hydrogens is 547 g/mol. The van der Waals surface area contributed by atoms with Gasteiger partial charge in [-0.3, -0.25) is 9.36 Å². The fraction of sp³-hybridized carbons (Fsp3) is 0.267. The summed E-state index contributed by atoms with van der Waals surface area (Å²) in [6, 6.07) is 16.5. The van der Waals surface area contributed by atoms with E-state index in [2.05, 4.69) is 16.0 Å². The summed E-state index contributed by atoms with van der Waals surface area (Å²) in [4.78, 5) is 19.9. The molecule has 11 heteroatoms. The second-order valence-electron chi connectivity index (χ2n) is 9.67. The van der Waals surface area contributed by atoms with E-state index in [0.29, 0.717) is 34.4 Å². The Kier molecular flexibility index (Phi) is 8.66. The molecule has 0 aliphatic heterocycles. The Bertz CT molecular complexity index is 1800. The van der Waals surface area contributed by atoms with Crippen LogP contribution in [0.25, 0.3) is 11.1 Å². The van der Waals surface area contributed by atoms with Crippen LogP contribution in [0, 0.1) is 24.2 Å². The molecule has 0 amide bonds. The van der Waals surface area contributed by atoms with Crippen LogP contribution in [0.3, 0.4) is 0 Å². The normalized spacial score (nSPS) is 12.3.